The predicted octanol–water partition coefficient (Wildman–Crippen LogP) is 3.49. The van der Waals surface area contributed by atoms with Gasteiger partial charge in [-0.3, -0.25) is 0 Å². The van der Waals surface area contributed by atoms with Gasteiger partial charge < -0.3 is 10.6 Å². The van der Waals surface area contributed by atoms with Crippen molar-refractivity contribution in [3.05, 3.63) is 59.2 Å². The Hall–Kier alpha value is -2.10. The van der Waals surface area contributed by atoms with Crippen LogP contribution in [0.1, 0.15) is 11.1 Å². The zero-order valence-corrected chi connectivity index (χ0v) is 11.0. The molecule has 2 nitrogen and oxygen atoms in total. The Morgan fingerprint density at radius 1 is 1.05 bits per heavy atom. The van der Waals surface area contributed by atoms with Crippen molar-refractivity contribution in [1.29, 1.82) is 0 Å². The summed E-state index contributed by atoms with van der Waals surface area (Å²) in [5, 5.41) is 0. The molecular formula is C15H16F2N2. The third-order valence-electron chi connectivity index (χ3n) is 3.00. The molecule has 0 aliphatic heterocycles. The molecule has 0 amide bonds. The molecular weight excluding hydrogens is 246 g/mol. The first-order valence-corrected chi connectivity index (χ1v) is 5.98. The molecule has 0 aromatic heterocycles. The molecule has 4 heteroatoms. The van der Waals surface area contributed by atoms with Crippen molar-refractivity contribution in [1.82, 2.24) is 0 Å². The van der Waals surface area contributed by atoms with E-state index >= 15 is 0 Å². The molecule has 0 spiro atoms. The van der Waals surface area contributed by atoms with Gasteiger partial charge in [0.05, 0.1) is 11.4 Å². The number of anilines is 2. The van der Waals surface area contributed by atoms with Crippen LogP contribution in [0.3, 0.4) is 0 Å². The molecule has 19 heavy (non-hydrogen) atoms. The van der Waals surface area contributed by atoms with E-state index in [1.54, 1.807) is 6.07 Å². The SMILES string of the molecule is Cc1ccc(N(C)Cc2ccc(F)c(F)c2)c(N)c1. The summed E-state index contributed by atoms with van der Waals surface area (Å²) >= 11 is 0. The van der Waals surface area contributed by atoms with Crippen molar-refractivity contribution in [3.63, 3.8) is 0 Å². The topological polar surface area (TPSA) is 29.3 Å². The summed E-state index contributed by atoms with van der Waals surface area (Å²) in [5.41, 5.74) is 9.28. The van der Waals surface area contributed by atoms with E-state index in [2.05, 4.69) is 0 Å². The normalized spacial score (nSPS) is 10.5. The van der Waals surface area contributed by atoms with Crippen molar-refractivity contribution >= 4 is 11.4 Å². The Kier molecular flexibility index (Phi) is 3.69. The molecule has 0 radical (unpaired) electrons. The van der Waals surface area contributed by atoms with Crippen LogP contribution in [0.5, 0.6) is 0 Å². The van der Waals surface area contributed by atoms with Gasteiger partial charge in [-0.05, 0) is 42.3 Å². The Morgan fingerprint density at radius 3 is 2.42 bits per heavy atom. The zero-order valence-electron chi connectivity index (χ0n) is 11.0. The van der Waals surface area contributed by atoms with Crippen molar-refractivity contribution in [3.8, 4) is 0 Å². The van der Waals surface area contributed by atoms with Crippen LogP contribution in [-0.4, -0.2) is 7.05 Å². The summed E-state index contributed by atoms with van der Waals surface area (Å²) in [6, 6.07) is 9.68. The summed E-state index contributed by atoms with van der Waals surface area (Å²) in [5.74, 6) is -1.66. The molecule has 0 bridgehead atoms. The van der Waals surface area contributed by atoms with Gasteiger partial charge in [-0.25, -0.2) is 8.78 Å². The molecule has 0 saturated carbocycles. The van der Waals surface area contributed by atoms with Crippen molar-refractivity contribution in [2.24, 2.45) is 0 Å². The maximum atomic E-state index is 13.1. The zero-order chi connectivity index (χ0) is 14.0. The maximum absolute atomic E-state index is 13.1. The van der Waals surface area contributed by atoms with Gasteiger partial charge in [-0.15, -0.1) is 0 Å². The highest BCUT2D eigenvalue weighted by Crippen LogP contribution is 2.24. The lowest BCUT2D eigenvalue weighted by Crippen LogP contribution is -2.18. The van der Waals surface area contributed by atoms with Crippen LogP contribution in [-0.2, 0) is 6.54 Å². The monoisotopic (exact) mass is 262 g/mol. The van der Waals surface area contributed by atoms with Crippen LogP contribution in [0, 0.1) is 18.6 Å². The molecule has 2 N–H and O–H groups in total. The molecule has 0 aliphatic rings. The minimum Gasteiger partial charge on any atom is -0.397 e. The highest BCUT2D eigenvalue weighted by atomic mass is 19.2. The summed E-state index contributed by atoms with van der Waals surface area (Å²) in [6.45, 7) is 2.43. The quantitative estimate of drug-likeness (QED) is 0.858. The van der Waals surface area contributed by atoms with E-state index in [-0.39, 0.29) is 0 Å². The average molecular weight is 262 g/mol. The molecule has 2 aromatic rings. The fourth-order valence-electron chi connectivity index (χ4n) is 2.02. The summed E-state index contributed by atoms with van der Waals surface area (Å²) < 4.78 is 26.0. The van der Waals surface area contributed by atoms with Crippen LogP contribution in [0.4, 0.5) is 20.2 Å². The highest BCUT2D eigenvalue weighted by molar-refractivity contribution is 5.68. The summed E-state index contributed by atoms with van der Waals surface area (Å²) in [4.78, 5) is 1.90. The summed E-state index contributed by atoms with van der Waals surface area (Å²) in [6.07, 6.45) is 0. The molecule has 0 saturated heterocycles. The molecule has 100 valence electrons. The molecule has 2 aromatic carbocycles. The van der Waals surface area contributed by atoms with Gasteiger partial charge in [0.25, 0.3) is 0 Å². The van der Waals surface area contributed by atoms with Gasteiger partial charge in [0.15, 0.2) is 11.6 Å². The maximum Gasteiger partial charge on any atom is 0.159 e. The third-order valence-corrected chi connectivity index (χ3v) is 3.00. The Morgan fingerprint density at radius 2 is 1.79 bits per heavy atom. The Labute approximate surface area is 111 Å². The second-order valence-electron chi connectivity index (χ2n) is 4.67. The smallest absolute Gasteiger partial charge is 0.159 e. The average Bonchev–Trinajstić information content (AvgIpc) is 2.33. The number of hydrogen-bond acceptors (Lipinski definition) is 2. The first-order chi connectivity index (χ1) is 8.97. The van der Waals surface area contributed by atoms with E-state index in [1.165, 1.54) is 6.07 Å². The summed E-state index contributed by atoms with van der Waals surface area (Å²) in [7, 11) is 1.86. The van der Waals surface area contributed by atoms with E-state index < -0.39 is 11.6 Å². The van der Waals surface area contributed by atoms with E-state index in [4.69, 9.17) is 5.73 Å². The Bertz CT molecular complexity index is 597. The minimum atomic E-state index is -0.832. The van der Waals surface area contributed by atoms with E-state index in [0.29, 0.717) is 17.8 Å². The first kappa shape index (κ1) is 13.3. The van der Waals surface area contributed by atoms with Gasteiger partial charge in [-0.1, -0.05) is 12.1 Å². The van der Waals surface area contributed by atoms with Crippen LogP contribution < -0.4 is 10.6 Å². The molecule has 0 heterocycles. The number of nitrogen functional groups attached to an aromatic ring is 1. The number of benzene rings is 2. The number of aryl methyl sites for hydroxylation is 1. The number of hydrogen-bond donors (Lipinski definition) is 1. The first-order valence-electron chi connectivity index (χ1n) is 5.98. The van der Waals surface area contributed by atoms with Crippen molar-refractivity contribution < 1.29 is 8.78 Å². The van der Waals surface area contributed by atoms with Crippen molar-refractivity contribution in [2.75, 3.05) is 17.7 Å². The standard InChI is InChI=1S/C15H16F2N2/c1-10-3-6-15(14(18)7-10)19(2)9-11-4-5-12(16)13(17)8-11/h3-8H,9,18H2,1-2H3. The number of halogens is 2. The molecule has 0 atom stereocenters. The fraction of sp³-hybridized carbons (Fsp3) is 0.200. The van der Waals surface area contributed by atoms with E-state index in [1.807, 2.05) is 37.1 Å². The van der Waals surface area contributed by atoms with Gasteiger partial charge >= 0.3 is 0 Å². The van der Waals surface area contributed by atoms with Gasteiger partial charge in [-0.2, -0.15) is 0 Å². The van der Waals surface area contributed by atoms with Crippen LogP contribution in [0.2, 0.25) is 0 Å². The van der Waals surface area contributed by atoms with Gasteiger partial charge in [0, 0.05) is 13.6 Å². The second-order valence-corrected chi connectivity index (χ2v) is 4.67. The highest BCUT2D eigenvalue weighted by Gasteiger charge is 2.08. The second kappa shape index (κ2) is 5.26. The molecule has 0 fully saturated rings. The number of nitrogens with zero attached hydrogens (tertiary/aromatic N) is 1. The largest absolute Gasteiger partial charge is 0.397 e. The van der Waals surface area contributed by atoms with Gasteiger partial charge in [0.2, 0.25) is 0 Å². The lowest BCUT2D eigenvalue weighted by molar-refractivity contribution is 0.507. The lowest BCUT2D eigenvalue weighted by Gasteiger charge is -2.21. The molecule has 0 aliphatic carbocycles. The van der Waals surface area contributed by atoms with Crippen molar-refractivity contribution in [2.45, 2.75) is 13.5 Å². The Balaban J connectivity index is 2.20. The van der Waals surface area contributed by atoms with Crippen LogP contribution in [0.25, 0.3) is 0 Å². The van der Waals surface area contributed by atoms with Crippen LogP contribution in [0.15, 0.2) is 36.4 Å². The van der Waals surface area contributed by atoms with Crippen LogP contribution >= 0.6 is 0 Å². The molecule has 2 rings (SSSR count). The van der Waals surface area contributed by atoms with Gasteiger partial charge in [0.1, 0.15) is 0 Å². The number of rotatable bonds is 3. The van der Waals surface area contributed by atoms with E-state index in [0.717, 1.165) is 17.3 Å². The predicted molar refractivity (Wildman–Crippen MR) is 74.1 cm³/mol. The van der Waals surface area contributed by atoms with E-state index in [9.17, 15) is 8.78 Å². The molecule has 0 unspecified atom stereocenters. The third kappa shape index (κ3) is 3.02. The minimum absolute atomic E-state index is 0.463. The lowest BCUT2D eigenvalue weighted by atomic mass is 10.1. The fourth-order valence-corrected chi connectivity index (χ4v) is 2.02. The number of nitrogens with two attached hydrogens (primary N) is 1.